The summed E-state index contributed by atoms with van der Waals surface area (Å²) in [4.78, 5) is 25.7. The first-order valence-corrected chi connectivity index (χ1v) is 10.7. The van der Waals surface area contributed by atoms with Crippen molar-refractivity contribution in [3.63, 3.8) is 0 Å². The molecule has 3 aromatic rings. The molecule has 2 N–H and O–H groups in total. The molecule has 0 heterocycles. The average Bonchev–Trinajstić information content (AvgIpc) is 2.87. The number of amides is 2. The number of carbonyl (C=O) groups excluding carboxylic acids is 2. The van der Waals surface area contributed by atoms with Crippen LogP contribution in [0.2, 0.25) is 5.02 Å². The second-order valence-corrected chi connectivity index (χ2v) is 7.57. The summed E-state index contributed by atoms with van der Waals surface area (Å²) in [5.74, 6) is 0.0115. The Morgan fingerprint density at radius 3 is 2.21 bits per heavy atom. The van der Waals surface area contributed by atoms with Gasteiger partial charge in [0.25, 0.3) is 11.8 Å². The molecule has 0 bridgehead atoms. The fraction of sp³-hybridized carbons (Fsp3) is 0.115. The second-order valence-electron chi connectivity index (χ2n) is 7.14. The smallest absolute Gasteiger partial charge is 0.287 e. The number of ether oxygens (including phenoxy) is 2. The molecule has 0 aromatic heterocycles. The summed E-state index contributed by atoms with van der Waals surface area (Å²) < 4.78 is 10.6. The molecule has 8 heteroatoms. The summed E-state index contributed by atoms with van der Waals surface area (Å²) in [5.41, 5.74) is 4.91. The molecule has 0 atom stereocenters. The number of nitrogens with zero attached hydrogens (tertiary/aromatic N) is 1. The van der Waals surface area contributed by atoms with E-state index < -0.39 is 11.8 Å². The van der Waals surface area contributed by atoms with Gasteiger partial charge in [0.2, 0.25) is 0 Å². The van der Waals surface area contributed by atoms with E-state index in [0.29, 0.717) is 33.4 Å². The average molecular weight is 478 g/mol. The Kier molecular flexibility index (Phi) is 8.43. The standard InChI is InChI=1S/C26H24ClN3O4/c1-17(19-10-12-21(27)13-11-19)29-30-26(32)22(28-25(31)20-7-5-4-6-8-20)15-18-9-14-23(33-2)24(16-18)34-3/h4-16H,1-3H3,(H,28,31)(H,30,32). The van der Waals surface area contributed by atoms with E-state index >= 15 is 0 Å². The molecule has 2 amide bonds. The third-order valence-electron chi connectivity index (χ3n) is 4.83. The largest absolute Gasteiger partial charge is 0.493 e. The van der Waals surface area contributed by atoms with E-state index in [1.54, 1.807) is 79.7 Å². The zero-order valence-electron chi connectivity index (χ0n) is 19.0. The first-order valence-electron chi connectivity index (χ1n) is 10.3. The lowest BCUT2D eigenvalue weighted by Crippen LogP contribution is -2.33. The minimum absolute atomic E-state index is 0.00808. The number of nitrogens with one attached hydrogen (secondary N) is 2. The summed E-state index contributed by atoms with van der Waals surface area (Å²) in [7, 11) is 3.05. The Morgan fingerprint density at radius 1 is 0.882 bits per heavy atom. The van der Waals surface area contributed by atoms with Gasteiger partial charge in [-0.25, -0.2) is 5.43 Å². The predicted octanol–water partition coefficient (Wildman–Crippen LogP) is 4.67. The molecule has 174 valence electrons. The van der Waals surface area contributed by atoms with Gasteiger partial charge in [-0.1, -0.05) is 48.0 Å². The van der Waals surface area contributed by atoms with Gasteiger partial charge in [-0.05, 0) is 60.5 Å². The molecule has 0 fully saturated rings. The van der Waals surface area contributed by atoms with Crippen LogP contribution in [0, 0.1) is 0 Å². The van der Waals surface area contributed by atoms with Crippen molar-refractivity contribution in [1.82, 2.24) is 10.7 Å². The minimum Gasteiger partial charge on any atom is -0.493 e. The summed E-state index contributed by atoms with van der Waals surface area (Å²) in [6.45, 7) is 1.75. The van der Waals surface area contributed by atoms with Crippen molar-refractivity contribution in [2.75, 3.05) is 14.2 Å². The number of methoxy groups -OCH3 is 2. The molecule has 0 saturated heterocycles. The lowest BCUT2D eigenvalue weighted by Gasteiger charge is -2.11. The number of rotatable bonds is 8. The zero-order chi connectivity index (χ0) is 24.5. The summed E-state index contributed by atoms with van der Waals surface area (Å²) in [6.07, 6.45) is 1.53. The predicted molar refractivity (Wildman–Crippen MR) is 133 cm³/mol. The van der Waals surface area contributed by atoms with Crippen LogP contribution in [0.5, 0.6) is 11.5 Å². The van der Waals surface area contributed by atoms with Crippen LogP contribution in [0.15, 0.2) is 83.6 Å². The van der Waals surface area contributed by atoms with Crippen molar-refractivity contribution in [3.05, 3.63) is 100 Å². The highest BCUT2D eigenvalue weighted by Crippen LogP contribution is 2.28. The third kappa shape index (κ3) is 6.46. The number of benzene rings is 3. The van der Waals surface area contributed by atoms with Gasteiger partial charge >= 0.3 is 0 Å². The molecule has 3 rings (SSSR count). The monoisotopic (exact) mass is 477 g/mol. The van der Waals surface area contributed by atoms with Crippen LogP contribution in [0.3, 0.4) is 0 Å². The molecule has 0 radical (unpaired) electrons. The zero-order valence-corrected chi connectivity index (χ0v) is 19.7. The van der Waals surface area contributed by atoms with Gasteiger partial charge in [-0.3, -0.25) is 9.59 Å². The van der Waals surface area contributed by atoms with Crippen molar-refractivity contribution in [2.24, 2.45) is 5.10 Å². The highest BCUT2D eigenvalue weighted by atomic mass is 35.5. The number of hydrazone groups is 1. The SMILES string of the molecule is COc1ccc(C=C(NC(=O)c2ccccc2)C(=O)NN=C(C)c2ccc(Cl)cc2)cc1OC. The second kappa shape index (κ2) is 11.7. The quantitative estimate of drug-likeness (QED) is 0.280. The molecule has 0 aliphatic rings. The van der Waals surface area contributed by atoms with E-state index in [2.05, 4.69) is 15.8 Å². The van der Waals surface area contributed by atoms with Crippen LogP contribution in [-0.2, 0) is 4.79 Å². The minimum atomic E-state index is -0.590. The highest BCUT2D eigenvalue weighted by Gasteiger charge is 2.15. The molecule has 3 aromatic carbocycles. The topological polar surface area (TPSA) is 89.0 Å². The first-order chi connectivity index (χ1) is 16.4. The van der Waals surface area contributed by atoms with E-state index in [9.17, 15) is 9.59 Å². The molecule has 0 aliphatic heterocycles. The Balaban J connectivity index is 1.89. The summed E-state index contributed by atoms with van der Waals surface area (Å²) in [6, 6.07) is 20.8. The summed E-state index contributed by atoms with van der Waals surface area (Å²) in [5, 5.41) is 7.44. The summed E-state index contributed by atoms with van der Waals surface area (Å²) >= 11 is 5.93. The van der Waals surface area contributed by atoms with Gasteiger partial charge in [0.15, 0.2) is 11.5 Å². The van der Waals surface area contributed by atoms with E-state index in [4.69, 9.17) is 21.1 Å². The molecular weight excluding hydrogens is 454 g/mol. The van der Waals surface area contributed by atoms with Crippen LogP contribution in [0.25, 0.3) is 6.08 Å². The van der Waals surface area contributed by atoms with Gasteiger partial charge in [0.05, 0.1) is 19.9 Å². The van der Waals surface area contributed by atoms with Gasteiger partial charge < -0.3 is 14.8 Å². The van der Waals surface area contributed by atoms with Gasteiger partial charge in [0.1, 0.15) is 5.70 Å². The first kappa shape index (κ1) is 24.5. The van der Waals surface area contributed by atoms with Crippen LogP contribution in [0.4, 0.5) is 0 Å². The fourth-order valence-electron chi connectivity index (χ4n) is 3.00. The maximum absolute atomic E-state index is 13.0. The van der Waals surface area contributed by atoms with Crippen molar-refractivity contribution in [3.8, 4) is 11.5 Å². The van der Waals surface area contributed by atoms with Crippen molar-refractivity contribution < 1.29 is 19.1 Å². The lowest BCUT2D eigenvalue weighted by atomic mass is 10.1. The van der Waals surface area contributed by atoms with Crippen molar-refractivity contribution in [1.29, 1.82) is 0 Å². The molecule has 34 heavy (non-hydrogen) atoms. The number of halogens is 1. The lowest BCUT2D eigenvalue weighted by molar-refractivity contribution is -0.117. The normalized spacial score (nSPS) is 11.5. The van der Waals surface area contributed by atoms with E-state index in [-0.39, 0.29) is 5.70 Å². The van der Waals surface area contributed by atoms with Crippen LogP contribution < -0.4 is 20.2 Å². The van der Waals surface area contributed by atoms with E-state index in [1.807, 2.05) is 0 Å². The maximum atomic E-state index is 13.0. The van der Waals surface area contributed by atoms with Crippen LogP contribution >= 0.6 is 11.6 Å². The fourth-order valence-corrected chi connectivity index (χ4v) is 3.13. The van der Waals surface area contributed by atoms with E-state index in [0.717, 1.165) is 5.56 Å². The highest BCUT2D eigenvalue weighted by molar-refractivity contribution is 6.30. The van der Waals surface area contributed by atoms with Crippen molar-refractivity contribution >= 4 is 35.2 Å². The molecule has 0 spiro atoms. The van der Waals surface area contributed by atoms with E-state index in [1.165, 1.54) is 20.3 Å². The number of carbonyl (C=O) groups is 2. The van der Waals surface area contributed by atoms with Crippen LogP contribution in [-0.4, -0.2) is 31.7 Å². The van der Waals surface area contributed by atoms with Gasteiger partial charge in [0, 0.05) is 10.6 Å². The van der Waals surface area contributed by atoms with Gasteiger partial charge in [-0.2, -0.15) is 5.10 Å². The Morgan fingerprint density at radius 2 is 1.56 bits per heavy atom. The molecular formula is C26H24ClN3O4. The maximum Gasteiger partial charge on any atom is 0.287 e. The Hall–Kier alpha value is -4.10. The van der Waals surface area contributed by atoms with Gasteiger partial charge in [-0.15, -0.1) is 0 Å². The number of hydrogen-bond acceptors (Lipinski definition) is 5. The molecule has 0 unspecified atom stereocenters. The Labute approximate surface area is 203 Å². The molecule has 7 nitrogen and oxygen atoms in total. The number of hydrogen-bond donors (Lipinski definition) is 2. The van der Waals surface area contributed by atoms with Crippen molar-refractivity contribution in [2.45, 2.75) is 6.92 Å². The Bertz CT molecular complexity index is 1220. The van der Waals surface area contributed by atoms with Crippen LogP contribution in [0.1, 0.15) is 28.4 Å². The molecule has 0 saturated carbocycles. The third-order valence-corrected chi connectivity index (χ3v) is 5.09. The molecule has 0 aliphatic carbocycles.